The third-order valence-corrected chi connectivity index (χ3v) is 4.58. The van der Waals surface area contributed by atoms with Crippen LogP contribution < -0.4 is 10.9 Å². The van der Waals surface area contributed by atoms with E-state index in [9.17, 15) is 22.8 Å². The van der Waals surface area contributed by atoms with Crippen LogP contribution in [-0.2, 0) is 17.9 Å². The second-order valence-corrected chi connectivity index (χ2v) is 6.56. The number of likely N-dealkylation sites (tertiary alicyclic amines) is 1. The normalized spacial score (nSPS) is 20.6. The third kappa shape index (κ3) is 4.94. The fraction of sp³-hybridized carbons (Fsp3) is 0.389. The molecule has 1 saturated heterocycles. The second kappa shape index (κ2) is 7.91. The van der Waals surface area contributed by atoms with Crippen LogP contribution in [0.1, 0.15) is 11.3 Å². The summed E-state index contributed by atoms with van der Waals surface area (Å²) in [7, 11) is 0. The number of H-pyrrole nitrogens is 1. The number of hydrogen-bond acceptors (Lipinski definition) is 4. The number of halogens is 3. The van der Waals surface area contributed by atoms with Gasteiger partial charge in [0.15, 0.2) is 0 Å². The van der Waals surface area contributed by atoms with Crippen molar-refractivity contribution < 1.29 is 18.0 Å². The minimum Gasteiger partial charge on any atom is -0.350 e. The summed E-state index contributed by atoms with van der Waals surface area (Å²) in [6.07, 6.45) is -4.45. The summed E-state index contributed by atoms with van der Waals surface area (Å²) in [5, 5.41) is 8.44. The molecule has 27 heavy (non-hydrogen) atoms. The molecule has 2 atom stereocenters. The maximum absolute atomic E-state index is 13.4. The molecule has 6 nitrogen and oxygen atoms in total. The highest BCUT2D eigenvalue weighted by Gasteiger charge is 2.52. The predicted octanol–water partition coefficient (Wildman–Crippen LogP) is 1.70. The molecule has 3 rings (SSSR count). The summed E-state index contributed by atoms with van der Waals surface area (Å²) in [6, 6.07) is 11.8. The van der Waals surface area contributed by atoms with Crippen molar-refractivity contribution in [3.8, 4) is 0 Å². The van der Waals surface area contributed by atoms with Crippen molar-refractivity contribution in [2.75, 3.05) is 13.1 Å². The van der Waals surface area contributed by atoms with E-state index in [4.69, 9.17) is 0 Å². The van der Waals surface area contributed by atoms with Crippen LogP contribution in [0.3, 0.4) is 0 Å². The first kappa shape index (κ1) is 19.1. The number of aromatic amines is 1. The summed E-state index contributed by atoms with van der Waals surface area (Å²) >= 11 is 0. The number of carbonyl (C=O) groups is 1. The van der Waals surface area contributed by atoms with E-state index in [-0.39, 0.29) is 19.6 Å². The molecule has 0 unspecified atom stereocenters. The first-order chi connectivity index (χ1) is 12.8. The SMILES string of the molecule is O=C(NCc1ccc(=O)[nH]n1)[C@@H]1CN(Cc2ccccc2)C[C@H]1C(F)(F)F. The largest absolute Gasteiger partial charge is 0.393 e. The maximum atomic E-state index is 13.4. The molecule has 1 fully saturated rings. The second-order valence-electron chi connectivity index (χ2n) is 6.56. The Hall–Kier alpha value is -2.68. The predicted molar refractivity (Wildman–Crippen MR) is 91.5 cm³/mol. The van der Waals surface area contributed by atoms with E-state index in [0.717, 1.165) is 5.56 Å². The molecular formula is C18H19F3N4O2. The van der Waals surface area contributed by atoms with Gasteiger partial charge < -0.3 is 5.32 Å². The minimum atomic E-state index is -4.45. The van der Waals surface area contributed by atoms with Gasteiger partial charge in [-0.3, -0.25) is 14.5 Å². The first-order valence-corrected chi connectivity index (χ1v) is 8.48. The molecule has 1 aromatic carbocycles. The highest BCUT2D eigenvalue weighted by molar-refractivity contribution is 5.79. The van der Waals surface area contributed by atoms with E-state index < -0.39 is 29.5 Å². The van der Waals surface area contributed by atoms with Crippen LogP contribution in [0, 0.1) is 11.8 Å². The topological polar surface area (TPSA) is 78.1 Å². The van der Waals surface area contributed by atoms with Crippen molar-refractivity contribution in [2.45, 2.75) is 19.3 Å². The molecule has 2 aromatic rings. The zero-order chi connectivity index (χ0) is 19.4. The van der Waals surface area contributed by atoms with Crippen LogP contribution >= 0.6 is 0 Å². The van der Waals surface area contributed by atoms with Crippen LogP contribution in [0.2, 0.25) is 0 Å². The van der Waals surface area contributed by atoms with E-state index in [1.54, 1.807) is 4.90 Å². The molecule has 1 aliphatic heterocycles. The molecule has 0 saturated carbocycles. The molecule has 1 aliphatic rings. The van der Waals surface area contributed by atoms with Gasteiger partial charge >= 0.3 is 6.18 Å². The van der Waals surface area contributed by atoms with Crippen LogP contribution in [0.5, 0.6) is 0 Å². The highest BCUT2D eigenvalue weighted by atomic mass is 19.4. The number of alkyl halides is 3. The van der Waals surface area contributed by atoms with Crippen molar-refractivity contribution in [1.29, 1.82) is 0 Å². The van der Waals surface area contributed by atoms with Gasteiger partial charge in [0.05, 0.1) is 24.1 Å². The Morgan fingerprint density at radius 2 is 1.93 bits per heavy atom. The van der Waals surface area contributed by atoms with Gasteiger partial charge in [0.25, 0.3) is 5.56 Å². The summed E-state index contributed by atoms with van der Waals surface area (Å²) in [5.74, 6) is -3.57. The van der Waals surface area contributed by atoms with Gasteiger partial charge in [-0.2, -0.15) is 18.3 Å². The molecule has 1 aromatic heterocycles. The van der Waals surface area contributed by atoms with Gasteiger partial charge in [0, 0.05) is 25.7 Å². The Morgan fingerprint density at radius 3 is 2.56 bits per heavy atom. The maximum Gasteiger partial charge on any atom is 0.393 e. The monoisotopic (exact) mass is 380 g/mol. The highest BCUT2D eigenvalue weighted by Crippen LogP contribution is 2.38. The van der Waals surface area contributed by atoms with E-state index in [0.29, 0.717) is 12.2 Å². The van der Waals surface area contributed by atoms with Crippen LogP contribution in [0.25, 0.3) is 0 Å². The standard InChI is InChI=1S/C18H19F3N4O2/c19-18(20,21)15-11-25(9-12-4-2-1-3-5-12)10-14(15)17(27)22-8-13-6-7-16(26)24-23-13/h1-7,14-15H,8-11H2,(H,22,27)(H,24,26)/t14-,15-/m1/s1. The third-order valence-electron chi connectivity index (χ3n) is 4.58. The van der Waals surface area contributed by atoms with Gasteiger partial charge in [-0.15, -0.1) is 0 Å². The van der Waals surface area contributed by atoms with E-state index in [1.807, 2.05) is 30.3 Å². The zero-order valence-electron chi connectivity index (χ0n) is 14.4. The lowest BCUT2D eigenvalue weighted by molar-refractivity contribution is -0.183. The van der Waals surface area contributed by atoms with Crippen molar-refractivity contribution in [2.24, 2.45) is 11.8 Å². The van der Waals surface area contributed by atoms with E-state index >= 15 is 0 Å². The van der Waals surface area contributed by atoms with Crippen molar-refractivity contribution in [1.82, 2.24) is 20.4 Å². The number of hydrogen-bond donors (Lipinski definition) is 2. The smallest absolute Gasteiger partial charge is 0.350 e. The van der Waals surface area contributed by atoms with Crippen LogP contribution in [0.4, 0.5) is 13.2 Å². The van der Waals surface area contributed by atoms with Crippen LogP contribution in [-0.4, -0.2) is 40.3 Å². The van der Waals surface area contributed by atoms with Gasteiger partial charge in [0.1, 0.15) is 0 Å². The van der Waals surface area contributed by atoms with Gasteiger partial charge in [-0.1, -0.05) is 30.3 Å². The first-order valence-electron chi connectivity index (χ1n) is 8.48. The summed E-state index contributed by atoms with van der Waals surface area (Å²) < 4.78 is 40.3. The average molecular weight is 380 g/mol. The number of benzene rings is 1. The Morgan fingerprint density at radius 1 is 1.19 bits per heavy atom. The number of nitrogens with zero attached hydrogens (tertiary/aromatic N) is 2. The van der Waals surface area contributed by atoms with E-state index in [1.165, 1.54) is 12.1 Å². The Kier molecular flexibility index (Phi) is 5.59. The number of nitrogens with one attached hydrogen (secondary N) is 2. The molecule has 0 aliphatic carbocycles. The average Bonchev–Trinajstić information content (AvgIpc) is 3.06. The minimum absolute atomic E-state index is 0.0317. The summed E-state index contributed by atoms with van der Waals surface area (Å²) in [5.41, 5.74) is 0.872. The van der Waals surface area contributed by atoms with E-state index in [2.05, 4.69) is 15.5 Å². The summed E-state index contributed by atoms with van der Waals surface area (Å²) in [6.45, 7) is 0.130. The number of carbonyl (C=O) groups excluding carboxylic acids is 1. The lowest BCUT2D eigenvalue weighted by atomic mass is 9.94. The van der Waals surface area contributed by atoms with Crippen molar-refractivity contribution >= 4 is 5.91 Å². The number of amides is 1. The number of rotatable bonds is 5. The molecule has 1 amide bonds. The Bertz CT molecular complexity index is 818. The van der Waals surface area contributed by atoms with Gasteiger partial charge in [-0.25, -0.2) is 5.10 Å². The van der Waals surface area contributed by atoms with Crippen LogP contribution in [0.15, 0.2) is 47.3 Å². The molecule has 0 radical (unpaired) electrons. The Labute approximate surface area is 153 Å². The number of aromatic nitrogens is 2. The lowest BCUT2D eigenvalue weighted by Gasteiger charge is -2.20. The molecular weight excluding hydrogens is 361 g/mol. The molecule has 2 N–H and O–H groups in total. The van der Waals surface area contributed by atoms with Crippen molar-refractivity contribution in [3.05, 3.63) is 64.1 Å². The fourth-order valence-corrected chi connectivity index (χ4v) is 3.23. The molecule has 0 spiro atoms. The van der Waals surface area contributed by atoms with Gasteiger partial charge in [-0.05, 0) is 11.6 Å². The lowest BCUT2D eigenvalue weighted by Crippen LogP contribution is -2.40. The molecule has 144 valence electrons. The molecule has 0 bridgehead atoms. The van der Waals surface area contributed by atoms with Crippen molar-refractivity contribution in [3.63, 3.8) is 0 Å². The summed E-state index contributed by atoms with van der Waals surface area (Å²) in [4.78, 5) is 25.0. The Balaban J connectivity index is 1.66. The fourth-order valence-electron chi connectivity index (χ4n) is 3.23. The molecule has 9 heteroatoms. The zero-order valence-corrected chi connectivity index (χ0v) is 14.4. The quantitative estimate of drug-likeness (QED) is 0.828. The van der Waals surface area contributed by atoms with Gasteiger partial charge in [0.2, 0.25) is 5.91 Å². The molecule has 2 heterocycles.